The number of nitrogens with zero attached hydrogens (tertiary/aromatic N) is 2. The summed E-state index contributed by atoms with van der Waals surface area (Å²) < 4.78 is 10.7. The number of hydrogen-bond donors (Lipinski definition) is 1. The highest BCUT2D eigenvalue weighted by molar-refractivity contribution is 7.19. The fourth-order valence-electron chi connectivity index (χ4n) is 3.75. The van der Waals surface area contributed by atoms with E-state index >= 15 is 0 Å². The Morgan fingerprint density at radius 2 is 1.89 bits per heavy atom. The zero-order valence-corrected chi connectivity index (χ0v) is 16.9. The molecule has 1 N–H and O–H groups in total. The van der Waals surface area contributed by atoms with Crippen LogP contribution in [0.1, 0.15) is 34.7 Å². The highest BCUT2D eigenvalue weighted by atomic mass is 32.1. The standard InChI is InChI=1S/C21H25N3O2S/c1-13-23-20(19-15-6-4-5-7-18(15)27-21(19)24-13)22-11-10-14-8-9-16(25-2)17(12-14)26-3/h8-9,12H,4-7,10-11H2,1-3H3,(H,22,23,24). The van der Waals surface area contributed by atoms with E-state index in [1.807, 2.05) is 30.4 Å². The Balaban J connectivity index is 1.55. The third-order valence-corrected chi connectivity index (χ3v) is 6.27. The van der Waals surface area contributed by atoms with E-state index in [-0.39, 0.29) is 0 Å². The van der Waals surface area contributed by atoms with E-state index in [4.69, 9.17) is 14.5 Å². The summed E-state index contributed by atoms with van der Waals surface area (Å²) in [7, 11) is 3.32. The predicted octanol–water partition coefficient (Wildman–Crippen LogP) is 4.55. The van der Waals surface area contributed by atoms with Crippen LogP contribution in [-0.4, -0.2) is 30.7 Å². The van der Waals surface area contributed by atoms with E-state index in [0.29, 0.717) is 0 Å². The molecule has 0 saturated carbocycles. The Labute approximate surface area is 163 Å². The van der Waals surface area contributed by atoms with Crippen LogP contribution < -0.4 is 14.8 Å². The summed E-state index contributed by atoms with van der Waals surface area (Å²) in [5.41, 5.74) is 2.67. The Hall–Kier alpha value is -2.34. The SMILES string of the molecule is COc1ccc(CCNc2nc(C)nc3sc4c(c23)CCCC4)cc1OC. The minimum atomic E-state index is 0.757. The van der Waals surface area contributed by atoms with Gasteiger partial charge >= 0.3 is 0 Å². The maximum atomic E-state index is 5.40. The van der Waals surface area contributed by atoms with Crippen LogP contribution in [0.3, 0.4) is 0 Å². The van der Waals surface area contributed by atoms with Gasteiger partial charge in [0.05, 0.1) is 19.6 Å². The van der Waals surface area contributed by atoms with Gasteiger partial charge in [0.1, 0.15) is 16.5 Å². The molecule has 0 spiro atoms. The molecule has 0 bridgehead atoms. The Kier molecular flexibility index (Phi) is 5.16. The van der Waals surface area contributed by atoms with Crippen LogP contribution in [0, 0.1) is 6.92 Å². The van der Waals surface area contributed by atoms with E-state index in [1.165, 1.54) is 40.7 Å². The van der Waals surface area contributed by atoms with Crippen molar-refractivity contribution in [2.45, 2.75) is 39.0 Å². The van der Waals surface area contributed by atoms with Gasteiger partial charge in [-0.3, -0.25) is 0 Å². The molecule has 1 aromatic carbocycles. The average Bonchev–Trinajstić information content (AvgIpc) is 3.05. The molecule has 142 valence electrons. The van der Waals surface area contributed by atoms with E-state index in [9.17, 15) is 0 Å². The Morgan fingerprint density at radius 3 is 2.70 bits per heavy atom. The molecular formula is C21H25N3O2S. The number of nitrogens with one attached hydrogen (secondary N) is 1. The quantitative estimate of drug-likeness (QED) is 0.677. The molecular weight excluding hydrogens is 358 g/mol. The summed E-state index contributed by atoms with van der Waals surface area (Å²) in [5, 5.41) is 4.81. The van der Waals surface area contributed by atoms with Gasteiger partial charge in [-0.25, -0.2) is 9.97 Å². The van der Waals surface area contributed by atoms with Crippen molar-refractivity contribution in [1.82, 2.24) is 9.97 Å². The topological polar surface area (TPSA) is 56.3 Å². The molecule has 0 atom stereocenters. The van der Waals surface area contributed by atoms with Gasteiger partial charge in [-0.15, -0.1) is 11.3 Å². The van der Waals surface area contributed by atoms with Crippen molar-refractivity contribution in [2.24, 2.45) is 0 Å². The summed E-state index contributed by atoms with van der Waals surface area (Å²) in [6.07, 6.45) is 5.76. The zero-order chi connectivity index (χ0) is 18.8. The average molecular weight is 384 g/mol. The molecule has 5 nitrogen and oxygen atoms in total. The first kappa shape index (κ1) is 18.0. The van der Waals surface area contributed by atoms with E-state index in [0.717, 1.165) is 47.4 Å². The molecule has 2 aromatic heterocycles. The minimum absolute atomic E-state index is 0.757. The second-order valence-electron chi connectivity index (χ2n) is 6.88. The lowest BCUT2D eigenvalue weighted by Gasteiger charge is -2.13. The monoisotopic (exact) mass is 383 g/mol. The van der Waals surface area contributed by atoms with Gasteiger partial charge in [0, 0.05) is 11.4 Å². The molecule has 0 saturated heterocycles. The summed E-state index contributed by atoms with van der Waals surface area (Å²) in [4.78, 5) is 12.0. The first-order valence-electron chi connectivity index (χ1n) is 9.43. The van der Waals surface area contributed by atoms with Crippen molar-refractivity contribution in [3.8, 4) is 11.5 Å². The van der Waals surface area contributed by atoms with Crippen LogP contribution in [0.4, 0.5) is 5.82 Å². The van der Waals surface area contributed by atoms with Gasteiger partial charge in [0.15, 0.2) is 11.5 Å². The molecule has 2 heterocycles. The smallest absolute Gasteiger partial charge is 0.160 e. The normalized spacial score (nSPS) is 13.4. The molecule has 1 aliphatic rings. The maximum Gasteiger partial charge on any atom is 0.160 e. The molecule has 0 radical (unpaired) electrons. The summed E-state index contributed by atoms with van der Waals surface area (Å²) >= 11 is 1.85. The van der Waals surface area contributed by atoms with Gasteiger partial charge in [-0.05, 0) is 62.3 Å². The largest absolute Gasteiger partial charge is 0.493 e. The maximum absolute atomic E-state index is 5.40. The predicted molar refractivity (Wildman–Crippen MR) is 111 cm³/mol. The van der Waals surface area contributed by atoms with Gasteiger partial charge in [-0.1, -0.05) is 6.07 Å². The third-order valence-electron chi connectivity index (χ3n) is 5.08. The number of rotatable bonds is 6. The van der Waals surface area contributed by atoms with Crippen LogP contribution in [0.25, 0.3) is 10.2 Å². The fraction of sp³-hybridized carbons (Fsp3) is 0.429. The second-order valence-corrected chi connectivity index (χ2v) is 7.96. The summed E-state index contributed by atoms with van der Waals surface area (Å²) in [6.45, 7) is 2.78. The summed E-state index contributed by atoms with van der Waals surface area (Å²) in [6, 6.07) is 6.07. The lowest BCUT2D eigenvalue weighted by Crippen LogP contribution is -2.09. The van der Waals surface area contributed by atoms with Gasteiger partial charge in [0.2, 0.25) is 0 Å². The number of methoxy groups -OCH3 is 2. The van der Waals surface area contributed by atoms with Crippen LogP contribution in [0.5, 0.6) is 11.5 Å². The second kappa shape index (κ2) is 7.72. The molecule has 0 amide bonds. The van der Waals surface area contributed by atoms with Crippen molar-refractivity contribution < 1.29 is 9.47 Å². The first-order valence-corrected chi connectivity index (χ1v) is 10.2. The van der Waals surface area contributed by atoms with Crippen molar-refractivity contribution in [3.63, 3.8) is 0 Å². The van der Waals surface area contributed by atoms with Crippen LogP contribution in [0.2, 0.25) is 0 Å². The number of ether oxygens (including phenoxy) is 2. The number of fused-ring (bicyclic) bond motifs is 3. The van der Waals surface area contributed by atoms with Crippen molar-refractivity contribution in [2.75, 3.05) is 26.1 Å². The molecule has 0 aliphatic heterocycles. The van der Waals surface area contributed by atoms with Crippen LogP contribution >= 0.6 is 11.3 Å². The highest BCUT2D eigenvalue weighted by Crippen LogP contribution is 2.38. The van der Waals surface area contributed by atoms with Crippen molar-refractivity contribution >= 4 is 27.4 Å². The van der Waals surface area contributed by atoms with Gasteiger partial charge < -0.3 is 14.8 Å². The zero-order valence-electron chi connectivity index (χ0n) is 16.1. The molecule has 1 aliphatic carbocycles. The number of benzene rings is 1. The molecule has 4 rings (SSSR count). The Bertz CT molecular complexity index is 968. The lowest BCUT2D eigenvalue weighted by molar-refractivity contribution is 0.354. The Morgan fingerprint density at radius 1 is 1.07 bits per heavy atom. The lowest BCUT2D eigenvalue weighted by atomic mass is 9.97. The van der Waals surface area contributed by atoms with E-state index in [1.54, 1.807) is 14.2 Å². The number of hydrogen-bond acceptors (Lipinski definition) is 6. The summed E-state index contributed by atoms with van der Waals surface area (Å²) in [5.74, 6) is 3.33. The van der Waals surface area contributed by atoms with E-state index < -0.39 is 0 Å². The van der Waals surface area contributed by atoms with Gasteiger partial charge in [-0.2, -0.15) is 0 Å². The number of aromatic nitrogens is 2. The first-order chi connectivity index (χ1) is 13.2. The fourth-order valence-corrected chi connectivity index (χ4v) is 5.06. The number of aryl methyl sites for hydroxylation is 3. The minimum Gasteiger partial charge on any atom is -0.493 e. The molecule has 27 heavy (non-hydrogen) atoms. The molecule has 0 fully saturated rings. The molecule has 0 unspecified atom stereocenters. The molecule has 6 heteroatoms. The highest BCUT2D eigenvalue weighted by Gasteiger charge is 2.20. The van der Waals surface area contributed by atoms with Crippen molar-refractivity contribution in [3.05, 3.63) is 40.0 Å². The molecule has 3 aromatic rings. The third kappa shape index (κ3) is 3.58. The van der Waals surface area contributed by atoms with Crippen LogP contribution in [0.15, 0.2) is 18.2 Å². The number of anilines is 1. The van der Waals surface area contributed by atoms with Crippen LogP contribution in [-0.2, 0) is 19.3 Å². The van der Waals surface area contributed by atoms with E-state index in [2.05, 4.69) is 16.4 Å². The van der Waals surface area contributed by atoms with Gasteiger partial charge in [0.25, 0.3) is 0 Å². The van der Waals surface area contributed by atoms with Crippen molar-refractivity contribution in [1.29, 1.82) is 0 Å². The number of thiophene rings is 1.